The number of aryl methyl sites for hydroxylation is 2. The lowest BCUT2D eigenvalue weighted by molar-refractivity contribution is 0.0119. The first-order valence-electron chi connectivity index (χ1n) is 5.14. The number of aliphatic hydroxyl groups is 1. The van der Waals surface area contributed by atoms with Crippen LogP contribution in [0.15, 0.2) is 0 Å². The third-order valence-electron chi connectivity index (χ3n) is 3.05. The van der Waals surface area contributed by atoms with Gasteiger partial charge in [-0.2, -0.15) is 5.10 Å². The van der Waals surface area contributed by atoms with Gasteiger partial charge in [-0.05, 0) is 39.2 Å². The Morgan fingerprint density at radius 3 is 3.14 bits per heavy atom. The molecule has 0 saturated carbocycles. The second kappa shape index (κ2) is 3.37. The third kappa shape index (κ3) is 1.35. The van der Waals surface area contributed by atoms with Crippen molar-refractivity contribution in [2.24, 2.45) is 5.73 Å². The van der Waals surface area contributed by atoms with Crippen molar-refractivity contribution in [3.8, 4) is 0 Å². The molecule has 1 atom stereocenters. The van der Waals surface area contributed by atoms with Gasteiger partial charge in [0.1, 0.15) is 0 Å². The van der Waals surface area contributed by atoms with Gasteiger partial charge in [-0.3, -0.25) is 5.10 Å². The minimum absolute atomic E-state index is 0.514. The number of hydrogen-bond acceptors (Lipinski definition) is 3. The van der Waals surface area contributed by atoms with Crippen LogP contribution in [0.5, 0.6) is 0 Å². The molecule has 1 unspecified atom stereocenters. The summed E-state index contributed by atoms with van der Waals surface area (Å²) >= 11 is 0. The standard InChI is InChI=1S/C10H17N3O/c1-7-9-8(13-12-7)3-2-4-10(9,14)5-6-11/h14H,2-6,11H2,1H3,(H,12,13). The molecule has 2 rings (SSSR count). The minimum Gasteiger partial charge on any atom is -0.385 e. The third-order valence-corrected chi connectivity index (χ3v) is 3.05. The molecule has 0 fully saturated rings. The van der Waals surface area contributed by atoms with E-state index in [9.17, 15) is 5.11 Å². The molecule has 14 heavy (non-hydrogen) atoms. The van der Waals surface area contributed by atoms with E-state index >= 15 is 0 Å². The zero-order chi connectivity index (χ0) is 10.2. The van der Waals surface area contributed by atoms with Crippen LogP contribution in [0, 0.1) is 6.92 Å². The molecule has 1 aliphatic rings. The average Bonchev–Trinajstić information content (AvgIpc) is 2.49. The van der Waals surface area contributed by atoms with Crippen LogP contribution in [0.2, 0.25) is 0 Å². The summed E-state index contributed by atoms with van der Waals surface area (Å²) in [6.07, 6.45) is 3.39. The summed E-state index contributed by atoms with van der Waals surface area (Å²) in [4.78, 5) is 0. The first kappa shape index (κ1) is 9.68. The SMILES string of the molecule is Cc1[nH]nc2c1C(O)(CCN)CCC2. The lowest BCUT2D eigenvalue weighted by Crippen LogP contribution is -2.33. The summed E-state index contributed by atoms with van der Waals surface area (Å²) < 4.78 is 0. The molecule has 0 spiro atoms. The summed E-state index contributed by atoms with van der Waals surface area (Å²) in [5.74, 6) is 0. The van der Waals surface area contributed by atoms with E-state index in [-0.39, 0.29) is 0 Å². The van der Waals surface area contributed by atoms with Crippen molar-refractivity contribution in [3.63, 3.8) is 0 Å². The largest absolute Gasteiger partial charge is 0.385 e. The number of nitrogens with two attached hydrogens (primary N) is 1. The maximum absolute atomic E-state index is 10.5. The van der Waals surface area contributed by atoms with E-state index in [1.54, 1.807) is 0 Å². The van der Waals surface area contributed by atoms with E-state index in [0.29, 0.717) is 13.0 Å². The van der Waals surface area contributed by atoms with Gasteiger partial charge in [0.05, 0.1) is 11.3 Å². The van der Waals surface area contributed by atoms with Crippen molar-refractivity contribution in [2.75, 3.05) is 6.54 Å². The fourth-order valence-corrected chi connectivity index (χ4v) is 2.44. The molecule has 0 radical (unpaired) electrons. The number of hydrogen-bond donors (Lipinski definition) is 3. The smallest absolute Gasteiger partial charge is 0.0944 e. The van der Waals surface area contributed by atoms with E-state index in [0.717, 1.165) is 36.2 Å². The highest BCUT2D eigenvalue weighted by Gasteiger charge is 2.36. The van der Waals surface area contributed by atoms with Gasteiger partial charge < -0.3 is 10.8 Å². The Balaban J connectivity index is 2.42. The van der Waals surface area contributed by atoms with Gasteiger partial charge in [-0.15, -0.1) is 0 Å². The molecule has 1 aromatic heterocycles. The van der Waals surface area contributed by atoms with Gasteiger partial charge in [-0.1, -0.05) is 0 Å². The molecular weight excluding hydrogens is 178 g/mol. The van der Waals surface area contributed by atoms with E-state index in [1.165, 1.54) is 0 Å². The Morgan fingerprint density at radius 1 is 1.64 bits per heavy atom. The van der Waals surface area contributed by atoms with Crippen LogP contribution in [0.3, 0.4) is 0 Å². The van der Waals surface area contributed by atoms with Crippen molar-refractivity contribution >= 4 is 0 Å². The first-order chi connectivity index (χ1) is 6.67. The van der Waals surface area contributed by atoms with E-state index < -0.39 is 5.60 Å². The molecule has 0 aliphatic heterocycles. The van der Waals surface area contributed by atoms with Crippen molar-refractivity contribution in [3.05, 3.63) is 17.0 Å². The fraction of sp³-hybridized carbons (Fsp3) is 0.700. The molecule has 4 nitrogen and oxygen atoms in total. The summed E-state index contributed by atoms with van der Waals surface area (Å²) in [6, 6.07) is 0. The monoisotopic (exact) mass is 195 g/mol. The normalized spacial score (nSPS) is 26.2. The van der Waals surface area contributed by atoms with Gasteiger partial charge in [0, 0.05) is 11.3 Å². The van der Waals surface area contributed by atoms with Crippen LogP contribution in [0.25, 0.3) is 0 Å². The lowest BCUT2D eigenvalue weighted by atomic mass is 9.79. The molecule has 0 aromatic carbocycles. The number of aromatic nitrogens is 2. The number of fused-ring (bicyclic) bond motifs is 1. The zero-order valence-corrected chi connectivity index (χ0v) is 8.51. The van der Waals surface area contributed by atoms with E-state index in [4.69, 9.17) is 5.73 Å². The molecule has 4 N–H and O–H groups in total. The first-order valence-corrected chi connectivity index (χ1v) is 5.14. The topological polar surface area (TPSA) is 74.9 Å². The number of aromatic amines is 1. The molecule has 1 heterocycles. The Labute approximate surface area is 83.5 Å². The minimum atomic E-state index is -0.737. The highest BCUT2D eigenvalue weighted by molar-refractivity contribution is 5.33. The second-order valence-corrected chi connectivity index (χ2v) is 4.09. The second-order valence-electron chi connectivity index (χ2n) is 4.09. The summed E-state index contributed by atoms with van der Waals surface area (Å²) in [5.41, 5.74) is 7.79. The number of H-pyrrole nitrogens is 1. The average molecular weight is 195 g/mol. The highest BCUT2D eigenvalue weighted by atomic mass is 16.3. The van der Waals surface area contributed by atoms with E-state index in [2.05, 4.69) is 10.2 Å². The van der Waals surface area contributed by atoms with Gasteiger partial charge in [0.15, 0.2) is 0 Å². The van der Waals surface area contributed by atoms with Gasteiger partial charge in [0.25, 0.3) is 0 Å². The predicted octanol–water partition coefficient (Wildman–Crippen LogP) is 0.591. The van der Waals surface area contributed by atoms with Crippen LogP contribution < -0.4 is 5.73 Å². The van der Waals surface area contributed by atoms with Gasteiger partial charge in [-0.25, -0.2) is 0 Å². The van der Waals surface area contributed by atoms with E-state index in [1.807, 2.05) is 6.92 Å². The Kier molecular flexibility index (Phi) is 2.33. The molecule has 1 aromatic rings. The molecular formula is C10H17N3O. The summed E-state index contributed by atoms with van der Waals surface area (Å²) in [7, 11) is 0. The van der Waals surface area contributed by atoms with Crippen LogP contribution in [0.4, 0.5) is 0 Å². The molecule has 0 bridgehead atoms. The molecule has 0 amide bonds. The lowest BCUT2D eigenvalue weighted by Gasteiger charge is -2.32. The van der Waals surface area contributed by atoms with Crippen LogP contribution in [-0.4, -0.2) is 21.8 Å². The van der Waals surface area contributed by atoms with Crippen LogP contribution >= 0.6 is 0 Å². The van der Waals surface area contributed by atoms with Crippen molar-refractivity contribution in [1.29, 1.82) is 0 Å². The van der Waals surface area contributed by atoms with Crippen molar-refractivity contribution < 1.29 is 5.11 Å². The number of nitrogens with zero attached hydrogens (tertiary/aromatic N) is 1. The molecule has 78 valence electrons. The molecule has 4 heteroatoms. The Hall–Kier alpha value is -0.870. The maximum atomic E-state index is 10.5. The zero-order valence-electron chi connectivity index (χ0n) is 8.51. The summed E-state index contributed by atoms with van der Waals surface area (Å²) in [6.45, 7) is 2.47. The fourth-order valence-electron chi connectivity index (χ4n) is 2.44. The quantitative estimate of drug-likeness (QED) is 0.646. The summed E-state index contributed by atoms with van der Waals surface area (Å²) in [5, 5.41) is 17.6. The molecule has 1 aliphatic carbocycles. The number of nitrogens with one attached hydrogen (secondary N) is 1. The van der Waals surface area contributed by atoms with Gasteiger partial charge >= 0.3 is 0 Å². The Morgan fingerprint density at radius 2 is 2.43 bits per heavy atom. The maximum Gasteiger partial charge on any atom is 0.0944 e. The molecule has 0 saturated heterocycles. The van der Waals surface area contributed by atoms with Gasteiger partial charge in [0.2, 0.25) is 0 Å². The highest BCUT2D eigenvalue weighted by Crippen LogP contribution is 2.38. The van der Waals surface area contributed by atoms with Crippen molar-refractivity contribution in [2.45, 2.75) is 38.2 Å². The van der Waals surface area contributed by atoms with Crippen LogP contribution in [-0.2, 0) is 12.0 Å². The van der Waals surface area contributed by atoms with Crippen molar-refractivity contribution in [1.82, 2.24) is 10.2 Å². The Bertz CT molecular complexity index is 334. The van der Waals surface area contributed by atoms with Crippen LogP contribution in [0.1, 0.15) is 36.2 Å². The number of rotatable bonds is 2. The predicted molar refractivity (Wildman–Crippen MR) is 53.8 cm³/mol.